The Morgan fingerprint density at radius 2 is 1.56 bits per heavy atom. The minimum absolute atomic E-state index is 0. The largest absolute Gasteiger partial charge is 1.00 e. The fourth-order valence-electron chi connectivity index (χ4n) is 0. The Kier molecular flexibility index (Phi) is 3.54. The van der Waals surface area contributed by atoms with Crippen molar-refractivity contribution < 1.29 is 45.5 Å². The molecule has 0 aliphatic heterocycles. The van der Waals surface area contributed by atoms with Crippen LogP contribution < -0.4 is 18.9 Å². The second kappa shape index (κ2) is 2.62. The molecule has 0 bridgehead atoms. The van der Waals surface area contributed by atoms with Gasteiger partial charge in [-0.15, -0.1) is 0 Å². The van der Waals surface area contributed by atoms with Gasteiger partial charge in [0.25, 0.3) is 0 Å². The van der Waals surface area contributed by atoms with Crippen molar-refractivity contribution in [3.8, 4) is 0 Å². The van der Waals surface area contributed by atoms with E-state index in [1.807, 2.05) is 0 Å². The molecule has 52 valence electrons. The van der Waals surface area contributed by atoms with Gasteiger partial charge in [0.1, 0.15) is 0 Å². The van der Waals surface area contributed by atoms with Crippen molar-refractivity contribution in [3.63, 3.8) is 0 Å². The molecule has 0 radical (unpaired) electrons. The standard InChI is InChI=1S/CH4F2O4S.Li/c2-1(3)8(4,5,6)7;/h1H,(H3,4,5,6,7);/q;+1/p-1. The first-order chi connectivity index (χ1) is 3.20. The molecule has 0 aromatic heterocycles. The summed E-state index contributed by atoms with van der Waals surface area (Å²) in [6.07, 6.45) is 0. The van der Waals surface area contributed by atoms with Crippen LogP contribution in [0.2, 0.25) is 0 Å². The zero-order valence-electron chi connectivity index (χ0n) is 4.45. The number of rotatable bonds is 1. The molecule has 0 atom stereocenters. The third-order valence-corrected chi connectivity index (χ3v) is 0.915. The smallest absolute Gasteiger partial charge is 0.745 e. The Bertz CT molecular complexity index is 140. The van der Waals surface area contributed by atoms with Gasteiger partial charge in [0.2, 0.25) is 0 Å². The third kappa shape index (κ3) is 4.96. The first kappa shape index (κ1) is 12.2. The van der Waals surface area contributed by atoms with E-state index in [0.29, 0.717) is 0 Å². The topological polar surface area (TPSA) is 80.6 Å². The normalized spacial score (nSPS) is 16.0. The third-order valence-electron chi connectivity index (χ3n) is 0.305. The summed E-state index contributed by atoms with van der Waals surface area (Å²) in [6.45, 7) is 0. The van der Waals surface area contributed by atoms with Crippen molar-refractivity contribution in [1.29, 1.82) is 0 Å². The molecule has 0 saturated heterocycles. The van der Waals surface area contributed by atoms with Gasteiger partial charge in [-0.3, -0.25) is 0 Å². The van der Waals surface area contributed by atoms with Crippen molar-refractivity contribution in [3.05, 3.63) is 0 Å². The Morgan fingerprint density at radius 1 is 1.44 bits per heavy atom. The van der Waals surface area contributed by atoms with Crippen molar-refractivity contribution in [2.75, 3.05) is 0 Å². The number of alkyl halides is 2. The zero-order valence-corrected chi connectivity index (χ0v) is 5.27. The van der Waals surface area contributed by atoms with E-state index in [1.165, 1.54) is 0 Å². The first-order valence-corrected chi connectivity index (χ1v) is 3.24. The van der Waals surface area contributed by atoms with Crippen LogP contribution in [-0.4, -0.2) is 23.6 Å². The minimum Gasteiger partial charge on any atom is -0.745 e. The van der Waals surface area contributed by atoms with Crippen LogP contribution >= 0.6 is 0 Å². The number of halogens is 2. The van der Waals surface area contributed by atoms with Crippen molar-refractivity contribution in [1.82, 2.24) is 0 Å². The molecule has 0 aromatic rings. The van der Waals surface area contributed by atoms with Gasteiger partial charge in [-0.1, -0.05) is 0 Å². The summed E-state index contributed by atoms with van der Waals surface area (Å²) in [6, 6.07) is 0. The predicted molar refractivity (Wildman–Crippen MR) is 20.2 cm³/mol. The average molecular weight is 156 g/mol. The van der Waals surface area contributed by atoms with Crippen LogP contribution in [0.25, 0.3) is 0 Å². The number of hydrogen-bond donors (Lipinski definition) is 2. The van der Waals surface area contributed by atoms with Gasteiger partial charge in [-0.05, 0) is 0 Å². The van der Waals surface area contributed by atoms with Crippen molar-refractivity contribution in [2.45, 2.75) is 5.76 Å². The van der Waals surface area contributed by atoms with E-state index in [-0.39, 0.29) is 18.9 Å². The van der Waals surface area contributed by atoms with Crippen LogP contribution in [0.4, 0.5) is 8.78 Å². The molecule has 0 saturated carbocycles. The van der Waals surface area contributed by atoms with E-state index < -0.39 is 15.7 Å². The van der Waals surface area contributed by atoms with Gasteiger partial charge < -0.3 is 13.7 Å². The Hall–Kier alpha value is 0.487. The molecule has 0 spiro atoms. The van der Waals surface area contributed by atoms with Crippen LogP contribution in [0.1, 0.15) is 0 Å². The summed E-state index contributed by atoms with van der Waals surface area (Å²) >= 11 is 0. The van der Waals surface area contributed by atoms with Gasteiger partial charge in [-0.25, -0.2) is 4.21 Å². The molecule has 0 aliphatic carbocycles. The van der Waals surface area contributed by atoms with Crippen molar-refractivity contribution in [2.24, 2.45) is 0 Å². The molecule has 4 nitrogen and oxygen atoms in total. The van der Waals surface area contributed by atoms with E-state index in [4.69, 9.17) is 9.11 Å². The molecule has 0 aromatic carbocycles. The van der Waals surface area contributed by atoms with Gasteiger partial charge in [-0.2, -0.15) is 8.78 Å². The minimum atomic E-state index is -6.80. The van der Waals surface area contributed by atoms with Crippen LogP contribution in [0.15, 0.2) is 0 Å². The van der Waals surface area contributed by atoms with E-state index in [9.17, 15) is 17.5 Å². The fraction of sp³-hybridized carbons (Fsp3) is 1.00. The average Bonchev–Trinajstić information content (AvgIpc) is 1.27. The van der Waals surface area contributed by atoms with E-state index in [1.54, 1.807) is 0 Å². The van der Waals surface area contributed by atoms with Crippen LogP contribution in [0.5, 0.6) is 0 Å². The second-order valence-electron chi connectivity index (χ2n) is 1.11. The van der Waals surface area contributed by atoms with Gasteiger partial charge >= 0.3 is 24.6 Å². The van der Waals surface area contributed by atoms with Crippen LogP contribution in [-0.2, 0) is 9.91 Å². The zero-order chi connectivity index (χ0) is 7.02. The predicted octanol–water partition coefficient (Wildman–Crippen LogP) is -2.89. The monoisotopic (exact) mass is 156 g/mol. The van der Waals surface area contributed by atoms with E-state index in [2.05, 4.69) is 0 Å². The summed E-state index contributed by atoms with van der Waals surface area (Å²) < 4.78 is 55.0. The maximum Gasteiger partial charge on any atom is 1.00 e. The molecular weight excluding hydrogens is 153 g/mol. The molecule has 0 fully saturated rings. The SMILES string of the molecule is O=S([O-])(O)(O)C(F)F.[Li+]. The van der Waals surface area contributed by atoms with Crippen LogP contribution in [0.3, 0.4) is 0 Å². The molecule has 0 heterocycles. The maximum absolute atomic E-state index is 10.8. The second-order valence-corrected chi connectivity index (χ2v) is 3.17. The van der Waals surface area contributed by atoms with Crippen LogP contribution in [0, 0.1) is 0 Å². The van der Waals surface area contributed by atoms with Gasteiger partial charge in [0.15, 0.2) is 0 Å². The molecule has 0 amide bonds. The molecule has 0 rings (SSSR count). The Labute approximate surface area is 61.7 Å². The molecular formula is CH3F2LiO4S. The van der Waals surface area contributed by atoms with E-state index >= 15 is 0 Å². The summed E-state index contributed by atoms with van der Waals surface area (Å²) in [5, 5.41) is 0. The number of hydrogen-bond acceptors (Lipinski definition) is 2. The molecule has 0 aliphatic rings. The summed E-state index contributed by atoms with van der Waals surface area (Å²) in [5.41, 5.74) is 0. The Morgan fingerprint density at radius 3 is 1.56 bits per heavy atom. The van der Waals surface area contributed by atoms with Gasteiger partial charge in [0.05, 0.1) is 9.91 Å². The fourth-order valence-corrected chi connectivity index (χ4v) is 0. The maximum atomic E-state index is 10.8. The van der Waals surface area contributed by atoms with E-state index in [0.717, 1.165) is 0 Å². The summed E-state index contributed by atoms with van der Waals surface area (Å²) in [7, 11) is -6.80. The summed E-state index contributed by atoms with van der Waals surface area (Å²) in [4.78, 5) is 0. The summed E-state index contributed by atoms with van der Waals surface area (Å²) in [5.74, 6) is -4.15. The quantitative estimate of drug-likeness (QED) is 0.399. The molecule has 8 heteroatoms. The molecule has 0 unspecified atom stereocenters. The Balaban J connectivity index is 0. The van der Waals surface area contributed by atoms with Crippen molar-refractivity contribution >= 4 is 9.91 Å². The first-order valence-electron chi connectivity index (χ1n) is 1.37. The molecule has 2 N–H and O–H groups in total. The molecule has 9 heavy (non-hydrogen) atoms. The van der Waals surface area contributed by atoms with Gasteiger partial charge in [0, 0.05) is 0 Å².